The van der Waals surface area contributed by atoms with Crippen molar-refractivity contribution in [1.82, 2.24) is 14.5 Å². The SMILES string of the molecule is CCN(CC)C(=O)Cn1c(CCCl)nc2ccc(F)cc21. The van der Waals surface area contributed by atoms with E-state index in [-0.39, 0.29) is 18.3 Å². The molecule has 0 aliphatic rings. The number of fused-ring (bicyclic) bond motifs is 1. The lowest BCUT2D eigenvalue weighted by Gasteiger charge is -2.19. The molecule has 0 saturated heterocycles. The smallest absolute Gasteiger partial charge is 0.242 e. The Morgan fingerprint density at radius 1 is 1.38 bits per heavy atom. The third kappa shape index (κ3) is 3.35. The Balaban J connectivity index is 2.42. The number of aryl methyl sites for hydroxylation is 1. The summed E-state index contributed by atoms with van der Waals surface area (Å²) in [6, 6.07) is 4.41. The van der Waals surface area contributed by atoms with Gasteiger partial charge in [0, 0.05) is 25.4 Å². The molecule has 1 amide bonds. The zero-order valence-corrected chi connectivity index (χ0v) is 13.0. The second-order valence-corrected chi connectivity index (χ2v) is 5.13. The van der Waals surface area contributed by atoms with Crippen LogP contribution in [-0.2, 0) is 17.8 Å². The molecule has 0 fully saturated rings. The summed E-state index contributed by atoms with van der Waals surface area (Å²) in [5.41, 5.74) is 1.32. The minimum absolute atomic E-state index is 0.000571. The fourth-order valence-electron chi connectivity index (χ4n) is 2.41. The molecule has 0 spiro atoms. The van der Waals surface area contributed by atoms with E-state index < -0.39 is 0 Å². The van der Waals surface area contributed by atoms with Crippen molar-refractivity contribution < 1.29 is 9.18 Å². The number of carbonyl (C=O) groups excluding carboxylic acids is 1. The summed E-state index contributed by atoms with van der Waals surface area (Å²) >= 11 is 5.80. The highest BCUT2D eigenvalue weighted by molar-refractivity contribution is 6.17. The molecule has 114 valence electrons. The van der Waals surface area contributed by atoms with E-state index in [0.717, 1.165) is 0 Å². The normalized spacial score (nSPS) is 11.0. The molecule has 0 saturated carbocycles. The van der Waals surface area contributed by atoms with Gasteiger partial charge < -0.3 is 9.47 Å². The standard InChI is InChI=1S/C15H19ClFN3O/c1-3-19(4-2)15(21)10-20-13-9-11(17)5-6-12(13)18-14(20)7-8-16/h5-6,9H,3-4,7-8,10H2,1-2H3. The minimum Gasteiger partial charge on any atom is -0.342 e. The van der Waals surface area contributed by atoms with E-state index in [9.17, 15) is 9.18 Å². The second kappa shape index (κ2) is 6.89. The van der Waals surface area contributed by atoms with Gasteiger partial charge in [-0.2, -0.15) is 0 Å². The van der Waals surface area contributed by atoms with Gasteiger partial charge in [0.1, 0.15) is 18.2 Å². The van der Waals surface area contributed by atoms with Crippen LogP contribution in [0.1, 0.15) is 19.7 Å². The molecule has 1 heterocycles. The van der Waals surface area contributed by atoms with E-state index in [1.54, 1.807) is 15.5 Å². The number of halogens is 2. The van der Waals surface area contributed by atoms with Gasteiger partial charge in [-0.05, 0) is 32.0 Å². The number of nitrogens with zero attached hydrogens (tertiary/aromatic N) is 3. The maximum atomic E-state index is 13.5. The number of rotatable bonds is 6. The molecular formula is C15H19ClFN3O. The van der Waals surface area contributed by atoms with Gasteiger partial charge in [-0.1, -0.05) is 0 Å². The molecule has 1 aromatic heterocycles. The van der Waals surface area contributed by atoms with Gasteiger partial charge in [-0.3, -0.25) is 4.79 Å². The zero-order chi connectivity index (χ0) is 15.4. The van der Waals surface area contributed by atoms with Crippen molar-refractivity contribution >= 4 is 28.5 Å². The first kappa shape index (κ1) is 15.8. The van der Waals surface area contributed by atoms with Crippen LogP contribution in [0.4, 0.5) is 4.39 Å². The van der Waals surface area contributed by atoms with E-state index in [4.69, 9.17) is 11.6 Å². The minimum atomic E-state index is -0.337. The van der Waals surface area contributed by atoms with Crippen LogP contribution in [-0.4, -0.2) is 39.3 Å². The number of carbonyl (C=O) groups is 1. The van der Waals surface area contributed by atoms with Crippen molar-refractivity contribution in [1.29, 1.82) is 0 Å². The molecule has 0 bridgehead atoms. The molecule has 0 aliphatic carbocycles. The Kier molecular flexibility index (Phi) is 5.17. The number of likely N-dealkylation sites (N-methyl/N-ethyl adjacent to an activating group) is 1. The van der Waals surface area contributed by atoms with Crippen LogP contribution in [0.5, 0.6) is 0 Å². The van der Waals surface area contributed by atoms with Crippen molar-refractivity contribution in [3.63, 3.8) is 0 Å². The Morgan fingerprint density at radius 3 is 2.71 bits per heavy atom. The summed E-state index contributed by atoms with van der Waals surface area (Å²) in [6.45, 7) is 5.34. The van der Waals surface area contributed by atoms with Gasteiger partial charge in [-0.15, -0.1) is 11.6 Å². The number of hydrogen-bond donors (Lipinski definition) is 0. The van der Waals surface area contributed by atoms with Crippen LogP contribution in [0.15, 0.2) is 18.2 Å². The summed E-state index contributed by atoms with van der Waals surface area (Å²) in [5.74, 6) is 0.785. The lowest BCUT2D eigenvalue weighted by atomic mass is 10.3. The van der Waals surface area contributed by atoms with Crippen LogP contribution in [0.3, 0.4) is 0 Å². The third-order valence-electron chi connectivity index (χ3n) is 3.52. The monoisotopic (exact) mass is 311 g/mol. The van der Waals surface area contributed by atoms with Gasteiger partial charge >= 0.3 is 0 Å². The number of imidazole rings is 1. The van der Waals surface area contributed by atoms with Crippen molar-refractivity contribution in [3.05, 3.63) is 29.8 Å². The molecule has 0 aliphatic heterocycles. The first-order chi connectivity index (χ1) is 10.1. The molecule has 0 atom stereocenters. The molecular weight excluding hydrogens is 293 g/mol. The average Bonchev–Trinajstić information content (AvgIpc) is 2.78. The van der Waals surface area contributed by atoms with Crippen molar-refractivity contribution in [2.45, 2.75) is 26.8 Å². The highest BCUT2D eigenvalue weighted by Crippen LogP contribution is 2.18. The van der Waals surface area contributed by atoms with Crippen LogP contribution in [0.2, 0.25) is 0 Å². The van der Waals surface area contributed by atoms with E-state index in [2.05, 4.69) is 4.98 Å². The van der Waals surface area contributed by atoms with Crippen molar-refractivity contribution in [2.24, 2.45) is 0 Å². The fourth-order valence-corrected chi connectivity index (χ4v) is 2.58. The Hall–Kier alpha value is -1.62. The van der Waals surface area contributed by atoms with Gasteiger partial charge in [0.15, 0.2) is 0 Å². The average molecular weight is 312 g/mol. The van der Waals surface area contributed by atoms with Gasteiger partial charge in [0.05, 0.1) is 11.0 Å². The van der Waals surface area contributed by atoms with Gasteiger partial charge in [0.25, 0.3) is 0 Å². The van der Waals surface area contributed by atoms with Crippen LogP contribution in [0.25, 0.3) is 11.0 Å². The predicted molar refractivity (Wildman–Crippen MR) is 82.0 cm³/mol. The molecule has 6 heteroatoms. The van der Waals surface area contributed by atoms with Crippen LogP contribution in [0, 0.1) is 5.82 Å². The van der Waals surface area contributed by atoms with E-state index >= 15 is 0 Å². The maximum absolute atomic E-state index is 13.5. The third-order valence-corrected chi connectivity index (χ3v) is 3.71. The number of benzene rings is 1. The first-order valence-corrected chi connectivity index (χ1v) is 7.62. The van der Waals surface area contributed by atoms with Crippen LogP contribution < -0.4 is 0 Å². The van der Waals surface area contributed by atoms with Crippen molar-refractivity contribution in [3.8, 4) is 0 Å². The Bertz CT molecular complexity index is 637. The van der Waals surface area contributed by atoms with Gasteiger partial charge in [-0.25, -0.2) is 9.37 Å². The van der Waals surface area contributed by atoms with Gasteiger partial charge in [0.2, 0.25) is 5.91 Å². The van der Waals surface area contributed by atoms with E-state index in [1.165, 1.54) is 12.1 Å². The molecule has 4 nitrogen and oxygen atoms in total. The summed E-state index contributed by atoms with van der Waals surface area (Å²) in [6.07, 6.45) is 0.545. The first-order valence-electron chi connectivity index (χ1n) is 7.09. The molecule has 0 unspecified atom stereocenters. The second-order valence-electron chi connectivity index (χ2n) is 4.75. The number of aromatic nitrogens is 2. The van der Waals surface area contributed by atoms with Crippen molar-refractivity contribution in [2.75, 3.05) is 19.0 Å². The summed E-state index contributed by atoms with van der Waals surface area (Å²) in [4.78, 5) is 18.5. The number of alkyl halides is 1. The highest BCUT2D eigenvalue weighted by Gasteiger charge is 2.16. The van der Waals surface area contributed by atoms with E-state index in [0.29, 0.717) is 42.2 Å². The van der Waals surface area contributed by atoms with Crippen LogP contribution >= 0.6 is 11.6 Å². The lowest BCUT2D eigenvalue weighted by Crippen LogP contribution is -2.33. The quantitative estimate of drug-likeness (QED) is 0.769. The fraction of sp³-hybridized carbons (Fsp3) is 0.467. The van der Waals surface area contributed by atoms with E-state index in [1.807, 2.05) is 13.8 Å². The number of amides is 1. The molecule has 0 N–H and O–H groups in total. The lowest BCUT2D eigenvalue weighted by molar-refractivity contribution is -0.131. The molecule has 1 aromatic carbocycles. The summed E-state index contributed by atoms with van der Waals surface area (Å²) in [5, 5.41) is 0. The summed E-state index contributed by atoms with van der Waals surface area (Å²) < 4.78 is 15.2. The molecule has 2 rings (SSSR count). The zero-order valence-electron chi connectivity index (χ0n) is 12.3. The Labute approximate surface area is 128 Å². The summed E-state index contributed by atoms with van der Waals surface area (Å²) in [7, 11) is 0. The molecule has 2 aromatic rings. The molecule has 21 heavy (non-hydrogen) atoms. The Morgan fingerprint density at radius 2 is 2.10 bits per heavy atom. The maximum Gasteiger partial charge on any atom is 0.242 e. The number of hydrogen-bond acceptors (Lipinski definition) is 2. The largest absolute Gasteiger partial charge is 0.342 e. The predicted octanol–water partition coefficient (Wildman–Crippen LogP) is 2.83. The highest BCUT2D eigenvalue weighted by atomic mass is 35.5. The molecule has 0 radical (unpaired) electrons. The topological polar surface area (TPSA) is 38.1 Å².